The van der Waals surface area contributed by atoms with Crippen molar-refractivity contribution in [2.24, 2.45) is 17.8 Å². The fourth-order valence-electron chi connectivity index (χ4n) is 5.60. The number of benzene rings is 1. The molecule has 0 bridgehead atoms. The van der Waals surface area contributed by atoms with Gasteiger partial charge in [-0.2, -0.15) is 0 Å². The third-order valence-corrected chi connectivity index (χ3v) is 11.2. The van der Waals surface area contributed by atoms with Gasteiger partial charge in [-0.3, -0.25) is 0 Å². The zero-order valence-electron chi connectivity index (χ0n) is 16.9. The van der Waals surface area contributed by atoms with Gasteiger partial charge in [0.15, 0.2) is 0 Å². The number of rotatable bonds is 8. The van der Waals surface area contributed by atoms with Crippen molar-refractivity contribution < 1.29 is 0 Å². The van der Waals surface area contributed by atoms with Crippen molar-refractivity contribution in [2.45, 2.75) is 95.7 Å². The van der Waals surface area contributed by atoms with Crippen LogP contribution in [0.5, 0.6) is 0 Å². The molecular formula is C24H39ClSi. The van der Waals surface area contributed by atoms with Gasteiger partial charge in [0.2, 0.25) is 0 Å². The van der Waals surface area contributed by atoms with Crippen molar-refractivity contribution in [3.05, 3.63) is 34.9 Å². The highest BCUT2D eigenvalue weighted by Gasteiger charge is 2.30. The van der Waals surface area contributed by atoms with Gasteiger partial charge in [0.1, 0.15) is 0 Å². The maximum atomic E-state index is 5.99. The van der Waals surface area contributed by atoms with Crippen LogP contribution in [0.25, 0.3) is 0 Å². The molecule has 1 saturated carbocycles. The molecule has 1 aromatic rings. The van der Waals surface area contributed by atoms with Crippen LogP contribution in [-0.4, -0.2) is 8.80 Å². The van der Waals surface area contributed by atoms with Crippen LogP contribution in [0.1, 0.15) is 76.7 Å². The van der Waals surface area contributed by atoms with Gasteiger partial charge >= 0.3 is 0 Å². The van der Waals surface area contributed by atoms with Crippen LogP contribution in [0.4, 0.5) is 0 Å². The van der Waals surface area contributed by atoms with E-state index in [9.17, 15) is 0 Å². The lowest BCUT2D eigenvalue weighted by molar-refractivity contribution is 0.186. The first-order chi connectivity index (χ1) is 12.7. The van der Waals surface area contributed by atoms with Crippen LogP contribution in [0.15, 0.2) is 24.3 Å². The number of aryl methyl sites for hydroxylation is 1. The number of halogens is 1. The molecular weight excluding hydrogens is 352 g/mol. The van der Waals surface area contributed by atoms with Gasteiger partial charge in [0, 0.05) is 13.8 Å². The second-order valence-corrected chi connectivity index (χ2v) is 13.1. The molecule has 1 saturated heterocycles. The van der Waals surface area contributed by atoms with E-state index in [2.05, 4.69) is 19.1 Å². The summed E-state index contributed by atoms with van der Waals surface area (Å²) in [6.07, 6.45) is 16.3. The average Bonchev–Trinajstić information content (AvgIpc) is 2.69. The van der Waals surface area contributed by atoms with E-state index in [1.54, 1.807) is 31.0 Å². The lowest BCUT2D eigenvalue weighted by atomic mass is 9.73. The first kappa shape index (κ1) is 20.5. The van der Waals surface area contributed by atoms with Crippen molar-refractivity contribution in [1.29, 1.82) is 0 Å². The molecule has 0 spiro atoms. The summed E-state index contributed by atoms with van der Waals surface area (Å²) < 4.78 is 0. The summed E-state index contributed by atoms with van der Waals surface area (Å²) in [6.45, 7) is 2.34. The summed E-state index contributed by atoms with van der Waals surface area (Å²) in [7, 11) is -0.322. The molecule has 1 aromatic carbocycles. The minimum atomic E-state index is -0.322. The van der Waals surface area contributed by atoms with E-state index in [1.165, 1.54) is 63.4 Å². The highest BCUT2D eigenvalue weighted by atomic mass is 35.5. The molecule has 0 nitrogen and oxygen atoms in total. The molecule has 1 aliphatic heterocycles. The third kappa shape index (κ3) is 6.41. The Labute approximate surface area is 168 Å². The standard InChI is InChI=1S/C24H39ClSi/c1-2-3-4-17-26-18-15-23(16-19-26)22-11-7-20(8-12-22)5-6-21-9-13-24(25)14-10-21/h9-10,13-14,20,22-23,26H,2-8,11-12,15-19H2,1H3. The van der Waals surface area contributed by atoms with Crippen molar-refractivity contribution in [2.75, 3.05) is 0 Å². The molecule has 0 atom stereocenters. The SMILES string of the molecule is CCCCC[SiH]1CCC(C2CCC(CCc3ccc(Cl)cc3)CC2)CC1. The number of unbranched alkanes of at least 4 members (excludes halogenated alkanes) is 2. The second-order valence-electron chi connectivity index (χ2n) is 9.22. The Bertz CT molecular complexity index is 495. The number of hydrogen-bond acceptors (Lipinski definition) is 0. The number of hydrogen-bond donors (Lipinski definition) is 0. The van der Waals surface area contributed by atoms with Gasteiger partial charge in [0.05, 0.1) is 0 Å². The predicted octanol–water partition coefficient (Wildman–Crippen LogP) is 7.91. The maximum absolute atomic E-state index is 5.99. The van der Waals surface area contributed by atoms with E-state index in [1.807, 2.05) is 12.1 Å². The minimum Gasteiger partial charge on any atom is -0.0843 e. The van der Waals surface area contributed by atoms with E-state index in [0.717, 1.165) is 22.8 Å². The topological polar surface area (TPSA) is 0 Å². The van der Waals surface area contributed by atoms with Crippen LogP contribution in [0.3, 0.4) is 0 Å². The predicted molar refractivity (Wildman–Crippen MR) is 119 cm³/mol. The van der Waals surface area contributed by atoms with Crippen LogP contribution < -0.4 is 0 Å². The lowest BCUT2D eigenvalue weighted by Crippen LogP contribution is -2.28. The fraction of sp³-hybridized carbons (Fsp3) is 0.750. The normalized spacial score (nSPS) is 29.6. The van der Waals surface area contributed by atoms with Gasteiger partial charge in [-0.15, -0.1) is 0 Å². The van der Waals surface area contributed by atoms with Gasteiger partial charge in [-0.05, 0) is 61.1 Å². The van der Waals surface area contributed by atoms with Crippen LogP contribution in [0, 0.1) is 17.8 Å². The highest BCUT2D eigenvalue weighted by Crippen LogP contribution is 2.41. The Balaban J connectivity index is 1.32. The first-order valence-corrected chi connectivity index (χ1v) is 14.3. The fourth-order valence-corrected chi connectivity index (χ4v) is 9.26. The Kier molecular flexibility index (Phi) is 8.58. The Morgan fingerprint density at radius 1 is 0.885 bits per heavy atom. The third-order valence-electron chi connectivity index (χ3n) is 7.42. The van der Waals surface area contributed by atoms with Crippen molar-refractivity contribution in [3.8, 4) is 0 Å². The smallest absolute Gasteiger partial charge is 0.0406 e. The first-order valence-electron chi connectivity index (χ1n) is 11.5. The Hall–Kier alpha value is -0.273. The summed E-state index contributed by atoms with van der Waals surface area (Å²) in [5.41, 5.74) is 1.46. The zero-order valence-corrected chi connectivity index (χ0v) is 18.8. The average molecular weight is 391 g/mol. The van der Waals surface area contributed by atoms with E-state index in [4.69, 9.17) is 11.6 Å². The van der Waals surface area contributed by atoms with Crippen molar-refractivity contribution >= 4 is 20.4 Å². The highest BCUT2D eigenvalue weighted by molar-refractivity contribution is 6.58. The molecule has 1 heterocycles. The van der Waals surface area contributed by atoms with Gasteiger partial charge in [-0.25, -0.2) is 0 Å². The van der Waals surface area contributed by atoms with E-state index in [-0.39, 0.29) is 8.80 Å². The lowest BCUT2D eigenvalue weighted by Gasteiger charge is -2.37. The Morgan fingerprint density at radius 3 is 2.19 bits per heavy atom. The molecule has 0 amide bonds. The van der Waals surface area contributed by atoms with Crippen molar-refractivity contribution in [3.63, 3.8) is 0 Å². The van der Waals surface area contributed by atoms with E-state index < -0.39 is 0 Å². The minimum absolute atomic E-state index is 0.322. The quantitative estimate of drug-likeness (QED) is 0.312. The molecule has 0 N–H and O–H groups in total. The van der Waals surface area contributed by atoms with Gasteiger partial charge in [0.25, 0.3) is 0 Å². The largest absolute Gasteiger partial charge is 0.0843 e. The van der Waals surface area contributed by atoms with Crippen LogP contribution in [-0.2, 0) is 6.42 Å². The Morgan fingerprint density at radius 2 is 1.54 bits per heavy atom. The molecule has 2 fully saturated rings. The van der Waals surface area contributed by atoms with Crippen molar-refractivity contribution in [1.82, 2.24) is 0 Å². The molecule has 26 heavy (non-hydrogen) atoms. The molecule has 0 unspecified atom stereocenters. The molecule has 0 radical (unpaired) electrons. The molecule has 3 rings (SSSR count). The second kappa shape index (κ2) is 10.9. The zero-order chi connectivity index (χ0) is 18.2. The van der Waals surface area contributed by atoms with E-state index >= 15 is 0 Å². The van der Waals surface area contributed by atoms with Gasteiger partial charge in [-0.1, -0.05) is 93.7 Å². The summed E-state index contributed by atoms with van der Waals surface area (Å²) in [5, 5.41) is 0.859. The van der Waals surface area contributed by atoms with Crippen LogP contribution >= 0.6 is 11.6 Å². The summed E-state index contributed by atoms with van der Waals surface area (Å²) in [5.74, 6) is 3.15. The monoisotopic (exact) mass is 390 g/mol. The molecule has 2 heteroatoms. The molecule has 1 aliphatic carbocycles. The molecule has 146 valence electrons. The molecule has 2 aliphatic rings. The molecule has 0 aromatic heterocycles. The van der Waals surface area contributed by atoms with E-state index in [0.29, 0.717) is 0 Å². The summed E-state index contributed by atoms with van der Waals surface area (Å²) >= 11 is 5.99. The summed E-state index contributed by atoms with van der Waals surface area (Å²) in [6, 6.07) is 13.5. The van der Waals surface area contributed by atoms with Gasteiger partial charge < -0.3 is 0 Å². The van der Waals surface area contributed by atoms with Crippen LogP contribution in [0.2, 0.25) is 23.2 Å². The maximum Gasteiger partial charge on any atom is 0.0406 e. The summed E-state index contributed by atoms with van der Waals surface area (Å²) in [4.78, 5) is 0.